The molecule has 0 unspecified atom stereocenters. The fourth-order valence-electron chi connectivity index (χ4n) is 0. The molecule has 0 saturated carbocycles. The van der Waals surface area contributed by atoms with E-state index in [9.17, 15) is 0 Å². The Hall–Kier alpha value is -1.06. The van der Waals surface area contributed by atoms with Gasteiger partial charge in [0.2, 0.25) is 0 Å². The zero-order valence-corrected chi connectivity index (χ0v) is 2.63. The number of aliphatic carboxylic acids is 2. The lowest BCUT2D eigenvalue weighted by molar-refractivity contribution is -0.345. The summed E-state index contributed by atoms with van der Waals surface area (Å²) in [5.41, 5.74) is 0. The zero-order valence-electron chi connectivity index (χ0n) is 2.63. The van der Waals surface area contributed by atoms with Crippen molar-refractivity contribution in [3.8, 4) is 0 Å². The van der Waals surface area contributed by atoms with E-state index in [2.05, 4.69) is 0 Å². The van der Waals surface area contributed by atoms with Gasteiger partial charge in [-0.25, -0.2) is 0 Å². The highest BCUT2D eigenvalue weighted by Crippen LogP contribution is 1.41. The van der Waals surface area contributed by atoms with Gasteiger partial charge in [-0.2, -0.15) is 0 Å². The third kappa shape index (κ3) is 1.28. The summed E-state index contributed by atoms with van der Waals surface area (Å²) >= 11 is 0. The van der Waals surface area contributed by atoms with Crippen LogP contribution in [-0.2, 0) is 9.59 Å². The van der Waals surface area contributed by atoms with Crippen molar-refractivity contribution in [3.05, 3.63) is 0 Å². The summed E-state index contributed by atoms with van der Waals surface area (Å²) in [5, 5.41) is 17.9. The quantitative estimate of drug-likeness (QED) is 0.228. The second-order valence-corrected chi connectivity index (χ2v) is 0.575. The third-order valence-corrected chi connectivity index (χ3v) is 0.167. The molecule has 4 nitrogen and oxygen atoms in total. The maximum Gasteiger partial charge on any atom is 0.0870 e. The summed E-state index contributed by atoms with van der Waals surface area (Å²) in [4.78, 5) is 17.9. The molecule has 0 aromatic rings. The van der Waals surface area contributed by atoms with Crippen molar-refractivity contribution >= 4 is 11.9 Å². The van der Waals surface area contributed by atoms with Crippen LogP contribution in [-0.4, -0.2) is 11.9 Å². The van der Waals surface area contributed by atoms with E-state index in [1.165, 1.54) is 0 Å². The van der Waals surface area contributed by atoms with Crippen LogP contribution < -0.4 is 10.2 Å². The number of carboxylic acid groups (broad SMARTS) is 2. The summed E-state index contributed by atoms with van der Waals surface area (Å²) in [6, 6.07) is 0. The largest absolute Gasteiger partial charge is 0.543 e. The molecule has 0 amide bonds. The molecule has 0 rings (SSSR count). The van der Waals surface area contributed by atoms with Gasteiger partial charge >= 0.3 is 0 Å². The van der Waals surface area contributed by atoms with E-state index in [1.807, 2.05) is 0 Å². The summed E-state index contributed by atoms with van der Waals surface area (Å²) in [7, 11) is 0. The maximum absolute atomic E-state index is 8.93. The van der Waals surface area contributed by atoms with E-state index >= 15 is 0 Å². The van der Waals surface area contributed by atoms with E-state index in [4.69, 9.17) is 19.8 Å². The standard InChI is InChI=1S/C2H2O4/c3-1(4)2(5)6/h(H,3,4)(H,5,6)/p-2/i1+1,2+1. The number of hydrogen-bond acceptors (Lipinski definition) is 4. The lowest BCUT2D eigenvalue weighted by atomic mass is 11.7. The van der Waals surface area contributed by atoms with Crippen LogP contribution in [0.1, 0.15) is 0 Å². The first-order chi connectivity index (χ1) is 2.64. The average Bonchev–Trinajstić information content (AvgIpc) is 1.36. The van der Waals surface area contributed by atoms with E-state index in [-0.39, 0.29) is 0 Å². The number of carbonyl (C=O) groups is 2. The lowest BCUT2D eigenvalue weighted by Gasteiger charge is -1.97. The predicted molar refractivity (Wildman–Crippen MR) is 10.0 cm³/mol. The number of carboxylic acids is 2. The van der Waals surface area contributed by atoms with Crippen molar-refractivity contribution < 1.29 is 19.8 Å². The van der Waals surface area contributed by atoms with Crippen LogP contribution in [0.15, 0.2) is 0 Å². The second kappa shape index (κ2) is 1.40. The molecular formula is C2O4-2. The van der Waals surface area contributed by atoms with Crippen LogP contribution in [0.5, 0.6) is 0 Å². The molecule has 0 aliphatic carbocycles. The lowest BCUT2D eigenvalue weighted by Crippen LogP contribution is -2.42. The minimum absolute atomic E-state index is 2.19. The Bertz CT molecular complexity index is 71.5. The number of hydrogen-bond donors (Lipinski definition) is 0. The van der Waals surface area contributed by atoms with Gasteiger partial charge in [-0.05, 0) is 0 Å². The van der Waals surface area contributed by atoms with Crippen LogP contribution in [0, 0.1) is 0 Å². The number of rotatable bonds is 0. The van der Waals surface area contributed by atoms with Crippen molar-refractivity contribution in [1.82, 2.24) is 0 Å². The van der Waals surface area contributed by atoms with Gasteiger partial charge in [0.05, 0.1) is 11.9 Å². The highest BCUT2D eigenvalue weighted by Gasteiger charge is 1.74. The van der Waals surface area contributed by atoms with Crippen LogP contribution in [0.2, 0.25) is 0 Å². The van der Waals surface area contributed by atoms with E-state index in [0.717, 1.165) is 0 Å². The molecule has 0 N–H and O–H groups in total. The first kappa shape index (κ1) is 4.94. The van der Waals surface area contributed by atoms with Gasteiger partial charge < -0.3 is 19.8 Å². The molecule has 0 saturated heterocycles. The van der Waals surface area contributed by atoms with Gasteiger partial charge in [-0.1, -0.05) is 0 Å². The first-order valence-electron chi connectivity index (χ1n) is 1.07. The molecule has 0 aromatic carbocycles. The Kier molecular flexibility index (Phi) is 1.15. The van der Waals surface area contributed by atoms with E-state index < -0.39 is 11.9 Å². The Morgan fingerprint density at radius 2 is 1.17 bits per heavy atom. The summed E-state index contributed by atoms with van der Waals surface area (Å²) in [6.07, 6.45) is 0. The van der Waals surface area contributed by atoms with Crippen molar-refractivity contribution in [1.29, 1.82) is 0 Å². The molecule has 0 radical (unpaired) electrons. The van der Waals surface area contributed by atoms with Crippen LogP contribution >= 0.6 is 0 Å². The SMILES string of the molecule is O=[13C]([O-])[13C](=O)[O-]. The van der Waals surface area contributed by atoms with Gasteiger partial charge in [0, 0.05) is 0 Å². The average molecular weight is 90.0 g/mol. The molecule has 0 fully saturated rings. The molecule has 4 heteroatoms. The minimum Gasteiger partial charge on any atom is -0.543 e. The Labute approximate surface area is 33.0 Å². The zero-order chi connectivity index (χ0) is 5.15. The summed E-state index contributed by atoms with van der Waals surface area (Å²) in [6.45, 7) is 0. The fourth-order valence-corrected chi connectivity index (χ4v) is 0. The van der Waals surface area contributed by atoms with Gasteiger partial charge in [-0.15, -0.1) is 0 Å². The van der Waals surface area contributed by atoms with Crippen LogP contribution in [0.3, 0.4) is 0 Å². The van der Waals surface area contributed by atoms with Crippen molar-refractivity contribution in [3.63, 3.8) is 0 Å². The molecule has 6 heavy (non-hydrogen) atoms. The summed E-state index contributed by atoms with van der Waals surface area (Å²) < 4.78 is 0. The second-order valence-electron chi connectivity index (χ2n) is 0.575. The van der Waals surface area contributed by atoms with Gasteiger partial charge in [0.15, 0.2) is 0 Å². The first-order valence-corrected chi connectivity index (χ1v) is 1.07. The molecule has 0 aromatic heterocycles. The monoisotopic (exact) mass is 90.0 g/mol. The normalized spacial score (nSPS) is 7.33. The summed E-state index contributed by atoms with van der Waals surface area (Å²) in [5.74, 6) is -4.37. The highest BCUT2D eigenvalue weighted by atomic mass is 16.6. The molecule has 34 valence electrons. The molecule has 0 aliphatic heterocycles. The van der Waals surface area contributed by atoms with Gasteiger partial charge in [-0.3, -0.25) is 0 Å². The Morgan fingerprint density at radius 1 is 1.00 bits per heavy atom. The van der Waals surface area contributed by atoms with Crippen LogP contribution in [0.25, 0.3) is 0 Å². The van der Waals surface area contributed by atoms with E-state index in [0.29, 0.717) is 0 Å². The van der Waals surface area contributed by atoms with E-state index in [1.54, 1.807) is 0 Å². The van der Waals surface area contributed by atoms with Gasteiger partial charge in [0.1, 0.15) is 0 Å². The molecule has 0 bridgehead atoms. The van der Waals surface area contributed by atoms with Crippen molar-refractivity contribution in [2.45, 2.75) is 0 Å². The maximum atomic E-state index is 8.93. The van der Waals surface area contributed by atoms with Crippen LogP contribution in [0.4, 0.5) is 0 Å². The molecule has 0 atom stereocenters. The minimum atomic E-state index is -2.19. The van der Waals surface area contributed by atoms with Crippen molar-refractivity contribution in [2.24, 2.45) is 0 Å². The predicted octanol–water partition coefficient (Wildman–Crippen LogP) is -3.51. The molecule has 0 aliphatic rings. The third-order valence-electron chi connectivity index (χ3n) is 0.167. The fraction of sp³-hybridized carbons (Fsp3) is 0. The molecule has 0 spiro atoms. The smallest absolute Gasteiger partial charge is 0.0870 e. The van der Waals surface area contributed by atoms with Crippen molar-refractivity contribution in [2.75, 3.05) is 0 Å². The Morgan fingerprint density at radius 3 is 1.17 bits per heavy atom. The number of carbonyl (C=O) groups excluding carboxylic acids is 2. The Balaban J connectivity index is 3.57. The molecular weight excluding hydrogens is 90.0 g/mol. The molecule has 0 heterocycles. The topological polar surface area (TPSA) is 80.3 Å². The highest BCUT2D eigenvalue weighted by molar-refractivity contribution is 6.25. The van der Waals surface area contributed by atoms with Gasteiger partial charge in [0.25, 0.3) is 0 Å².